The molecule has 0 saturated heterocycles. The molecule has 3 rings (SSSR count). The van der Waals surface area contributed by atoms with Crippen molar-refractivity contribution in [1.29, 1.82) is 0 Å². The number of aromatic hydroxyl groups is 2. The quantitative estimate of drug-likeness (QED) is 0.253. The van der Waals surface area contributed by atoms with Crippen LogP contribution in [0.1, 0.15) is 0 Å². The third-order valence-corrected chi connectivity index (χ3v) is 4.88. The second kappa shape index (κ2) is 8.30. The third kappa shape index (κ3) is 5.84. The standard InChI is InChI=1S/C15H10O16S3/c16-8-2-1-6(3-10(8)30-33(22,23)24)14-15(31-34(25,26)27)13(18)12-9(17)4-7(5-11(12)28-14)29-32(19,20)21/h1-5,16-17H,(H,19,20,21)(H,22,23,24)(H,25,26,27). The molecule has 0 aliphatic rings. The molecule has 0 bridgehead atoms. The molecule has 0 fully saturated rings. The highest BCUT2D eigenvalue weighted by molar-refractivity contribution is 7.81. The van der Waals surface area contributed by atoms with Gasteiger partial charge in [-0.15, -0.1) is 0 Å². The number of rotatable bonds is 7. The van der Waals surface area contributed by atoms with Gasteiger partial charge in [-0.25, -0.2) is 0 Å². The van der Waals surface area contributed by atoms with E-state index in [1.807, 2.05) is 0 Å². The molecule has 0 amide bonds. The van der Waals surface area contributed by atoms with E-state index in [4.69, 9.17) is 18.1 Å². The maximum atomic E-state index is 12.9. The minimum atomic E-state index is -5.39. The molecule has 0 atom stereocenters. The molecule has 0 radical (unpaired) electrons. The van der Waals surface area contributed by atoms with Crippen LogP contribution < -0.4 is 18.0 Å². The zero-order valence-electron chi connectivity index (χ0n) is 15.8. The van der Waals surface area contributed by atoms with Crippen molar-refractivity contribution in [1.82, 2.24) is 0 Å². The molecule has 0 aliphatic heterocycles. The first-order valence-corrected chi connectivity index (χ1v) is 12.2. The van der Waals surface area contributed by atoms with Gasteiger partial charge in [0.2, 0.25) is 11.2 Å². The summed E-state index contributed by atoms with van der Waals surface area (Å²) in [6, 6.07) is 3.56. The van der Waals surface area contributed by atoms with Crippen molar-refractivity contribution in [2.45, 2.75) is 0 Å². The predicted molar refractivity (Wildman–Crippen MR) is 108 cm³/mol. The van der Waals surface area contributed by atoms with Crippen molar-refractivity contribution in [2.24, 2.45) is 0 Å². The fraction of sp³-hybridized carbons (Fsp3) is 0. The Labute approximate surface area is 189 Å². The molecule has 0 saturated carbocycles. The Balaban J connectivity index is 2.38. The van der Waals surface area contributed by atoms with Crippen LogP contribution in [0.25, 0.3) is 22.3 Å². The van der Waals surface area contributed by atoms with E-state index in [0.717, 1.165) is 12.1 Å². The van der Waals surface area contributed by atoms with E-state index in [1.165, 1.54) is 0 Å². The highest BCUT2D eigenvalue weighted by Gasteiger charge is 2.26. The number of fused-ring (bicyclic) bond motifs is 1. The number of hydrogen-bond donors (Lipinski definition) is 5. The van der Waals surface area contributed by atoms with Gasteiger partial charge in [-0.05, 0) is 18.2 Å². The van der Waals surface area contributed by atoms with Crippen molar-refractivity contribution < 1.29 is 66.1 Å². The molecule has 19 heteroatoms. The average molecular weight is 542 g/mol. The van der Waals surface area contributed by atoms with E-state index >= 15 is 0 Å². The fourth-order valence-corrected chi connectivity index (χ4v) is 3.70. The van der Waals surface area contributed by atoms with Crippen LogP contribution in [0.4, 0.5) is 0 Å². The van der Waals surface area contributed by atoms with Crippen LogP contribution in [0.5, 0.6) is 28.7 Å². The first kappa shape index (κ1) is 25.0. The smallest absolute Gasteiger partial charge is 0.446 e. The molecule has 0 spiro atoms. The van der Waals surface area contributed by atoms with E-state index in [0.29, 0.717) is 18.2 Å². The molecule has 16 nitrogen and oxygen atoms in total. The lowest BCUT2D eigenvalue weighted by molar-refractivity contribution is 0.370. The topological polar surface area (TPSA) is 261 Å². The summed E-state index contributed by atoms with van der Waals surface area (Å²) in [5.41, 5.74) is -2.56. The Kier molecular flexibility index (Phi) is 6.11. The van der Waals surface area contributed by atoms with Gasteiger partial charge >= 0.3 is 31.2 Å². The monoisotopic (exact) mass is 542 g/mol. The Morgan fingerprint density at radius 3 is 1.88 bits per heavy atom. The first-order chi connectivity index (χ1) is 15.4. The van der Waals surface area contributed by atoms with Crippen LogP contribution in [0.15, 0.2) is 39.5 Å². The third-order valence-electron chi connectivity index (χ3n) is 3.71. The van der Waals surface area contributed by atoms with Crippen molar-refractivity contribution in [2.75, 3.05) is 0 Å². The van der Waals surface area contributed by atoms with E-state index in [9.17, 15) is 40.3 Å². The molecule has 184 valence electrons. The average Bonchev–Trinajstić information content (AvgIpc) is 2.62. The highest BCUT2D eigenvalue weighted by Crippen LogP contribution is 2.39. The Morgan fingerprint density at radius 2 is 1.32 bits per heavy atom. The summed E-state index contributed by atoms with van der Waals surface area (Å²) in [5.74, 6) is -5.70. The lowest BCUT2D eigenvalue weighted by atomic mass is 10.1. The van der Waals surface area contributed by atoms with Gasteiger partial charge < -0.3 is 27.2 Å². The number of phenolic OH excluding ortho intramolecular Hbond substituents is 2. The van der Waals surface area contributed by atoms with Gasteiger partial charge in [-0.2, -0.15) is 25.3 Å². The molecule has 1 aromatic heterocycles. The van der Waals surface area contributed by atoms with Crippen LogP contribution in [-0.2, 0) is 31.2 Å². The summed E-state index contributed by atoms with van der Waals surface area (Å²) in [6.07, 6.45) is 0. The van der Waals surface area contributed by atoms with Gasteiger partial charge in [0.15, 0.2) is 23.0 Å². The van der Waals surface area contributed by atoms with Crippen molar-refractivity contribution in [3.05, 3.63) is 40.6 Å². The van der Waals surface area contributed by atoms with Crippen LogP contribution in [-0.4, -0.2) is 49.1 Å². The summed E-state index contributed by atoms with van der Waals surface area (Å²) >= 11 is 0. The largest absolute Gasteiger partial charge is 0.507 e. The minimum absolute atomic E-state index is 0.449. The SMILES string of the molecule is O=c1c(OS(=O)(=O)O)c(-c2ccc(O)c(OS(=O)(=O)O)c2)oc2cc(OS(=O)(=O)O)cc(O)c12. The van der Waals surface area contributed by atoms with Gasteiger partial charge in [0.05, 0.1) is 0 Å². The first-order valence-electron chi connectivity index (χ1n) is 8.11. The molecule has 1 heterocycles. The number of phenols is 2. The lowest BCUT2D eigenvalue weighted by Crippen LogP contribution is -2.16. The summed E-state index contributed by atoms with van der Waals surface area (Å²) in [6.45, 7) is 0. The van der Waals surface area contributed by atoms with E-state index in [2.05, 4.69) is 12.5 Å². The van der Waals surface area contributed by atoms with Gasteiger partial charge in [-0.3, -0.25) is 18.5 Å². The Bertz CT molecular complexity index is 1680. The Morgan fingerprint density at radius 1 is 0.735 bits per heavy atom. The Hall–Kier alpha value is -3.62. The van der Waals surface area contributed by atoms with Crippen molar-refractivity contribution in [3.63, 3.8) is 0 Å². The van der Waals surface area contributed by atoms with E-state index in [1.54, 1.807) is 0 Å². The summed E-state index contributed by atoms with van der Waals surface area (Å²) in [5, 5.41) is 19.0. The van der Waals surface area contributed by atoms with E-state index < -0.39 is 87.7 Å². The number of hydrogen-bond acceptors (Lipinski definition) is 13. The zero-order chi connectivity index (χ0) is 25.6. The highest BCUT2D eigenvalue weighted by atomic mass is 32.3. The van der Waals surface area contributed by atoms with Gasteiger partial charge in [0.25, 0.3) is 0 Å². The normalized spacial score (nSPS) is 12.4. The second-order valence-electron chi connectivity index (χ2n) is 6.12. The molecule has 0 aliphatic carbocycles. The van der Waals surface area contributed by atoms with Crippen LogP contribution in [0.2, 0.25) is 0 Å². The summed E-state index contributed by atoms with van der Waals surface area (Å²) < 4.78 is 111. The van der Waals surface area contributed by atoms with Gasteiger partial charge in [0, 0.05) is 17.7 Å². The maximum Gasteiger partial charge on any atom is 0.446 e. The van der Waals surface area contributed by atoms with Crippen LogP contribution in [0, 0.1) is 0 Å². The second-order valence-corrected chi connectivity index (χ2v) is 9.19. The molecule has 3 aromatic rings. The summed E-state index contributed by atoms with van der Waals surface area (Å²) in [4.78, 5) is 12.9. The fourth-order valence-electron chi connectivity index (χ4n) is 2.63. The van der Waals surface area contributed by atoms with Gasteiger partial charge in [0.1, 0.15) is 16.7 Å². The van der Waals surface area contributed by atoms with Crippen molar-refractivity contribution in [3.8, 4) is 40.1 Å². The van der Waals surface area contributed by atoms with Crippen molar-refractivity contribution >= 4 is 42.2 Å². The minimum Gasteiger partial charge on any atom is -0.507 e. The molecule has 2 aromatic carbocycles. The molecular weight excluding hydrogens is 532 g/mol. The molecular formula is C15H10O16S3. The molecule has 34 heavy (non-hydrogen) atoms. The van der Waals surface area contributed by atoms with Crippen LogP contribution >= 0.6 is 0 Å². The zero-order valence-corrected chi connectivity index (χ0v) is 18.3. The predicted octanol–water partition coefficient (Wildman–Crippen LogP) is 0.416. The van der Waals surface area contributed by atoms with Crippen LogP contribution in [0.3, 0.4) is 0 Å². The molecule has 5 N–H and O–H groups in total. The van der Waals surface area contributed by atoms with E-state index in [-0.39, 0.29) is 0 Å². The summed E-state index contributed by atoms with van der Waals surface area (Å²) in [7, 11) is -15.6. The number of benzene rings is 2. The molecule has 0 unspecified atom stereocenters. The lowest BCUT2D eigenvalue weighted by Gasteiger charge is -2.12. The van der Waals surface area contributed by atoms with Gasteiger partial charge in [-0.1, -0.05) is 0 Å². The maximum absolute atomic E-state index is 12.9.